The van der Waals surface area contributed by atoms with Gasteiger partial charge >= 0.3 is 0 Å². The van der Waals surface area contributed by atoms with Gasteiger partial charge in [0.25, 0.3) is 0 Å². The van der Waals surface area contributed by atoms with Crippen LogP contribution in [0.1, 0.15) is 12.8 Å². The van der Waals surface area contributed by atoms with E-state index in [1.807, 2.05) is 0 Å². The maximum atomic E-state index is 4.47. The first-order valence-electron chi connectivity index (χ1n) is 4.51. The highest BCUT2D eigenvalue weighted by Crippen LogP contribution is 2.29. The van der Waals surface area contributed by atoms with Gasteiger partial charge in [-0.2, -0.15) is 0 Å². The Morgan fingerprint density at radius 1 is 1.23 bits per heavy atom. The summed E-state index contributed by atoms with van der Waals surface area (Å²) < 4.78 is 1.10. The predicted molar refractivity (Wildman–Crippen MR) is 62.8 cm³/mol. The Bertz CT molecular complexity index is 308. The zero-order valence-electron chi connectivity index (χ0n) is 7.33. The molecule has 1 saturated heterocycles. The van der Waals surface area contributed by atoms with Crippen LogP contribution in [0.2, 0.25) is 0 Å². The van der Waals surface area contributed by atoms with Crippen LogP contribution < -0.4 is 4.90 Å². The van der Waals surface area contributed by atoms with Crippen molar-refractivity contribution in [2.45, 2.75) is 17.7 Å². The minimum atomic E-state index is 1.07. The third-order valence-electron chi connectivity index (χ3n) is 2.38. The summed E-state index contributed by atoms with van der Waals surface area (Å²) in [6.45, 7) is 2.35. The normalized spacial score (nSPS) is 16.6. The molecule has 1 aromatic rings. The highest BCUT2D eigenvalue weighted by atomic mass is 79.9. The molecular weight excluding hydrogens is 246 g/mol. The highest BCUT2D eigenvalue weighted by molar-refractivity contribution is 9.10. The lowest BCUT2D eigenvalue weighted by Gasteiger charge is -2.19. The molecule has 0 saturated carbocycles. The first kappa shape index (κ1) is 9.41. The van der Waals surface area contributed by atoms with Crippen LogP contribution in [0.5, 0.6) is 0 Å². The first-order valence-corrected chi connectivity index (χ1v) is 5.75. The van der Waals surface area contributed by atoms with Crippen molar-refractivity contribution in [3.8, 4) is 0 Å². The topological polar surface area (TPSA) is 3.24 Å². The van der Waals surface area contributed by atoms with Gasteiger partial charge in [0.15, 0.2) is 0 Å². The van der Waals surface area contributed by atoms with E-state index in [-0.39, 0.29) is 0 Å². The lowest BCUT2D eigenvalue weighted by Crippen LogP contribution is -2.17. The number of hydrogen-bond donors (Lipinski definition) is 1. The van der Waals surface area contributed by atoms with Gasteiger partial charge in [-0.3, -0.25) is 0 Å². The summed E-state index contributed by atoms with van der Waals surface area (Å²) in [6, 6.07) is 6.27. The van der Waals surface area contributed by atoms with Crippen molar-refractivity contribution in [1.82, 2.24) is 0 Å². The van der Waals surface area contributed by atoms with Gasteiger partial charge in [0.2, 0.25) is 0 Å². The molecule has 2 rings (SSSR count). The summed E-state index contributed by atoms with van der Waals surface area (Å²) >= 11 is 7.91. The zero-order chi connectivity index (χ0) is 9.26. The first-order chi connectivity index (χ1) is 6.27. The lowest BCUT2D eigenvalue weighted by atomic mass is 10.3. The number of nitrogens with zero attached hydrogens (tertiary/aromatic N) is 1. The molecular formula is C10H12BrNS. The van der Waals surface area contributed by atoms with E-state index in [0.717, 1.165) is 9.37 Å². The van der Waals surface area contributed by atoms with E-state index < -0.39 is 0 Å². The Labute approximate surface area is 92.7 Å². The monoisotopic (exact) mass is 257 g/mol. The molecule has 13 heavy (non-hydrogen) atoms. The summed E-state index contributed by atoms with van der Waals surface area (Å²) in [4.78, 5) is 3.46. The van der Waals surface area contributed by atoms with Gasteiger partial charge in [-0.1, -0.05) is 15.9 Å². The fraction of sp³-hybridized carbons (Fsp3) is 0.400. The van der Waals surface area contributed by atoms with Crippen molar-refractivity contribution in [2.24, 2.45) is 0 Å². The van der Waals surface area contributed by atoms with Gasteiger partial charge in [0, 0.05) is 22.5 Å². The smallest absolute Gasteiger partial charge is 0.0502 e. The van der Waals surface area contributed by atoms with Crippen LogP contribution in [-0.4, -0.2) is 13.1 Å². The summed E-state index contributed by atoms with van der Waals surface area (Å²) in [5.74, 6) is 0. The molecule has 0 radical (unpaired) electrons. The molecule has 0 amide bonds. The van der Waals surface area contributed by atoms with E-state index in [4.69, 9.17) is 0 Å². The Morgan fingerprint density at radius 2 is 1.92 bits per heavy atom. The van der Waals surface area contributed by atoms with E-state index in [0.29, 0.717) is 0 Å². The quantitative estimate of drug-likeness (QED) is 0.756. The molecule has 3 heteroatoms. The van der Waals surface area contributed by atoms with Crippen LogP contribution in [0.25, 0.3) is 0 Å². The van der Waals surface area contributed by atoms with Gasteiger partial charge in [-0.25, -0.2) is 0 Å². The van der Waals surface area contributed by atoms with Crippen LogP contribution in [0, 0.1) is 0 Å². The van der Waals surface area contributed by atoms with Crippen LogP contribution in [0.3, 0.4) is 0 Å². The lowest BCUT2D eigenvalue weighted by molar-refractivity contribution is 0.949. The van der Waals surface area contributed by atoms with E-state index in [1.165, 1.54) is 31.6 Å². The van der Waals surface area contributed by atoms with Crippen molar-refractivity contribution < 1.29 is 0 Å². The molecule has 1 fully saturated rings. The van der Waals surface area contributed by atoms with E-state index in [9.17, 15) is 0 Å². The minimum absolute atomic E-state index is 1.07. The third-order valence-corrected chi connectivity index (χ3v) is 3.24. The van der Waals surface area contributed by atoms with Gasteiger partial charge in [0.05, 0.1) is 5.69 Å². The SMILES string of the molecule is Sc1cc(Br)ccc1N1CCCC1. The fourth-order valence-corrected chi connectivity index (χ4v) is 2.62. The molecule has 0 atom stereocenters. The Kier molecular flexibility index (Phi) is 2.84. The molecule has 1 aliphatic heterocycles. The van der Waals surface area contributed by atoms with Crippen LogP contribution >= 0.6 is 28.6 Å². The largest absolute Gasteiger partial charge is 0.371 e. The third kappa shape index (κ3) is 2.02. The zero-order valence-corrected chi connectivity index (χ0v) is 9.81. The number of benzene rings is 1. The van der Waals surface area contributed by atoms with E-state index in [1.54, 1.807) is 0 Å². The van der Waals surface area contributed by atoms with Crippen molar-refractivity contribution in [3.63, 3.8) is 0 Å². The van der Waals surface area contributed by atoms with Crippen molar-refractivity contribution in [1.29, 1.82) is 0 Å². The molecule has 0 aliphatic carbocycles. The van der Waals surface area contributed by atoms with Crippen LogP contribution in [-0.2, 0) is 0 Å². The van der Waals surface area contributed by atoms with Gasteiger partial charge in [0.1, 0.15) is 0 Å². The molecule has 0 aromatic heterocycles. The van der Waals surface area contributed by atoms with Crippen molar-refractivity contribution >= 4 is 34.2 Å². The molecule has 1 aliphatic rings. The molecule has 1 nitrogen and oxygen atoms in total. The Balaban J connectivity index is 2.29. The predicted octanol–water partition coefficient (Wildman–Crippen LogP) is 3.34. The summed E-state index contributed by atoms with van der Waals surface area (Å²) in [7, 11) is 0. The highest BCUT2D eigenvalue weighted by Gasteiger charge is 2.14. The van der Waals surface area contributed by atoms with Crippen molar-refractivity contribution in [3.05, 3.63) is 22.7 Å². The van der Waals surface area contributed by atoms with Crippen LogP contribution in [0.4, 0.5) is 5.69 Å². The van der Waals surface area contributed by atoms with Gasteiger partial charge < -0.3 is 4.90 Å². The Hall–Kier alpha value is -0.150. The maximum Gasteiger partial charge on any atom is 0.0502 e. The molecule has 1 heterocycles. The number of rotatable bonds is 1. The molecule has 0 N–H and O–H groups in total. The summed E-state index contributed by atoms with van der Waals surface area (Å²) in [5, 5.41) is 0. The average Bonchev–Trinajstić information content (AvgIpc) is 2.56. The molecule has 0 unspecified atom stereocenters. The molecule has 0 bridgehead atoms. The number of anilines is 1. The minimum Gasteiger partial charge on any atom is -0.371 e. The van der Waals surface area contributed by atoms with Gasteiger partial charge in [-0.05, 0) is 31.0 Å². The summed E-state index contributed by atoms with van der Waals surface area (Å²) in [5.41, 5.74) is 1.27. The number of hydrogen-bond acceptors (Lipinski definition) is 2. The Morgan fingerprint density at radius 3 is 2.54 bits per heavy atom. The fourth-order valence-electron chi connectivity index (χ4n) is 1.72. The number of thiol groups is 1. The molecule has 1 aromatic carbocycles. The second-order valence-electron chi connectivity index (χ2n) is 3.33. The standard InChI is InChI=1S/C10H12BrNS/c11-8-3-4-9(10(13)7-8)12-5-1-2-6-12/h3-4,7,13H,1-2,5-6H2. The number of halogens is 1. The van der Waals surface area contributed by atoms with E-state index >= 15 is 0 Å². The molecule has 70 valence electrons. The van der Waals surface area contributed by atoms with Crippen LogP contribution in [0.15, 0.2) is 27.6 Å². The van der Waals surface area contributed by atoms with Gasteiger partial charge in [-0.15, -0.1) is 12.6 Å². The van der Waals surface area contributed by atoms with Crippen molar-refractivity contribution in [2.75, 3.05) is 18.0 Å². The average molecular weight is 258 g/mol. The summed E-state index contributed by atoms with van der Waals surface area (Å²) in [6.07, 6.45) is 2.62. The molecule has 0 spiro atoms. The maximum absolute atomic E-state index is 4.47. The second kappa shape index (κ2) is 3.93. The second-order valence-corrected chi connectivity index (χ2v) is 4.72. The van der Waals surface area contributed by atoms with E-state index in [2.05, 4.69) is 51.7 Å².